The largest absolute Gasteiger partial charge is 0.487 e. The molecule has 3 atom stereocenters. The van der Waals surface area contributed by atoms with Gasteiger partial charge < -0.3 is 24.6 Å². The van der Waals surface area contributed by atoms with Crippen molar-refractivity contribution < 1.29 is 23.0 Å². The Balaban J connectivity index is 1.22. The average Bonchev–Trinajstić information content (AvgIpc) is 3.56. The molecule has 1 amide bonds. The lowest BCUT2D eigenvalue weighted by atomic mass is 9.92. The maximum atomic E-state index is 14.8. The number of nitrogens with zero attached hydrogens (tertiary/aromatic N) is 5. The van der Waals surface area contributed by atoms with E-state index in [0.717, 1.165) is 48.9 Å². The number of halogens is 2. The minimum atomic E-state index is -0.699. The molecule has 0 bridgehead atoms. The van der Waals surface area contributed by atoms with E-state index >= 15 is 0 Å². The smallest absolute Gasteiger partial charge is 0.407 e. The molecule has 1 aromatic carbocycles. The van der Waals surface area contributed by atoms with Gasteiger partial charge in [-0.2, -0.15) is 0 Å². The van der Waals surface area contributed by atoms with E-state index in [-0.39, 0.29) is 18.2 Å². The van der Waals surface area contributed by atoms with Crippen LogP contribution in [0.15, 0.2) is 36.0 Å². The highest BCUT2D eigenvalue weighted by Gasteiger charge is 2.38. The van der Waals surface area contributed by atoms with Crippen LogP contribution >= 0.6 is 11.3 Å². The van der Waals surface area contributed by atoms with E-state index in [1.165, 1.54) is 6.07 Å². The molecule has 5 rings (SSSR count). The van der Waals surface area contributed by atoms with Gasteiger partial charge in [0.05, 0.1) is 30.2 Å². The number of alkyl carbamates (subject to hydrolysis) is 1. The minimum absolute atomic E-state index is 0.00541. The van der Waals surface area contributed by atoms with Crippen molar-refractivity contribution in [1.82, 2.24) is 20.3 Å². The van der Waals surface area contributed by atoms with Crippen molar-refractivity contribution in [1.29, 1.82) is 0 Å². The summed E-state index contributed by atoms with van der Waals surface area (Å²) in [5, 5.41) is 6.00. The summed E-state index contributed by atoms with van der Waals surface area (Å²) < 4.78 is 40.5. The topological polar surface area (TPSA) is 92.7 Å². The Hall–Kier alpha value is -3.54. The molecule has 0 saturated carbocycles. The predicted octanol–water partition coefficient (Wildman–Crippen LogP) is 5.70. The third-order valence-electron chi connectivity index (χ3n) is 7.68. The number of thiazole rings is 1. The Morgan fingerprint density at radius 3 is 2.48 bits per heavy atom. The van der Waals surface area contributed by atoms with Crippen LogP contribution in [0.5, 0.6) is 5.75 Å². The van der Waals surface area contributed by atoms with E-state index in [9.17, 15) is 13.6 Å². The van der Waals surface area contributed by atoms with Crippen LogP contribution in [-0.4, -0.2) is 65.0 Å². The number of aromatic nitrogens is 3. The Morgan fingerprint density at radius 1 is 1.12 bits per heavy atom. The molecule has 2 aromatic heterocycles. The summed E-state index contributed by atoms with van der Waals surface area (Å²) in [5.41, 5.74) is 0.538. The number of carbonyl (C=O) groups excluding carboxylic acids is 1. The first kappa shape index (κ1) is 29.9. The van der Waals surface area contributed by atoms with Gasteiger partial charge in [0.1, 0.15) is 17.2 Å². The monoisotopic (exact) mass is 600 g/mol. The number of anilines is 2. The van der Waals surface area contributed by atoms with Crippen molar-refractivity contribution in [3.05, 3.63) is 58.9 Å². The molecule has 42 heavy (non-hydrogen) atoms. The first-order valence-electron chi connectivity index (χ1n) is 14.3. The van der Waals surface area contributed by atoms with Gasteiger partial charge in [0.25, 0.3) is 0 Å². The van der Waals surface area contributed by atoms with E-state index < -0.39 is 35.3 Å². The molecule has 226 valence electrons. The first-order chi connectivity index (χ1) is 19.9. The second-order valence-corrected chi connectivity index (χ2v) is 12.9. The second kappa shape index (κ2) is 12.4. The maximum Gasteiger partial charge on any atom is 0.407 e. The van der Waals surface area contributed by atoms with Crippen molar-refractivity contribution >= 4 is 28.5 Å². The van der Waals surface area contributed by atoms with Gasteiger partial charge in [-0.05, 0) is 77.1 Å². The highest BCUT2D eigenvalue weighted by atomic mass is 32.1. The molecule has 0 aliphatic carbocycles. The van der Waals surface area contributed by atoms with Crippen molar-refractivity contribution in [2.75, 3.05) is 36.0 Å². The molecule has 9 nitrogen and oxygen atoms in total. The maximum absolute atomic E-state index is 14.8. The van der Waals surface area contributed by atoms with Crippen LogP contribution < -0.4 is 19.9 Å². The molecule has 12 heteroatoms. The summed E-state index contributed by atoms with van der Waals surface area (Å²) in [7, 11) is 0. The summed E-state index contributed by atoms with van der Waals surface area (Å²) >= 11 is 1.69. The lowest BCUT2D eigenvalue weighted by molar-refractivity contribution is 0.0504. The molecule has 2 aliphatic heterocycles. The van der Waals surface area contributed by atoms with Gasteiger partial charge in [0.15, 0.2) is 10.9 Å². The number of ether oxygens (including phenoxy) is 2. The average molecular weight is 601 g/mol. The van der Waals surface area contributed by atoms with Gasteiger partial charge >= 0.3 is 6.09 Å². The van der Waals surface area contributed by atoms with Crippen molar-refractivity contribution in [3.63, 3.8) is 0 Å². The molecule has 3 unspecified atom stereocenters. The fraction of sp³-hybridized carbons (Fsp3) is 0.533. The number of benzene rings is 1. The fourth-order valence-corrected chi connectivity index (χ4v) is 6.43. The minimum Gasteiger partial charge on any atom is -0.487 e. The molecule has 2 fully saturated rings. The summed E-state index contributed by atoms with van der Waals surface area (Å²) in [4.78, 5) is 30.4. The van der Waals surface area contributed by atoms with Crippen LogP contribution in [0.2, 0.25) is 0 Å². The molecular formula is C30H38F2N6O3S. The van der Waals surface area contributed by atoms with Crippen molar-refractivity contribution in [3.8, 4) is 5.75 Å². The van der Waals surface area contributed by atoms with E-state index in [1.807, 2.05) is 11.8 Å². The number of hydrogen-bond donors (Lipinski definition) is 1. The molecule has 3 aromatic rings. The summed E-state index contributed by atoms with van der Waals surface area (Å²) in [6, 6.07) is 2.81. The van der Waals surface area contributed by atoms with Gasteiger partial charge in [-0.3, -0.25) is 0 Å². The van der Waals surface area contributed by atoms with Gasteiger partial charge in [-0.25, -0.2) is 28.5 Å². The van der Waals surface area contributed by atoms with Crippen LogP contribution in [0.1, 0.15) is 57.7 Å². The molecule has 4 heterocycles. The zero-order valence-electron chi connectivity index (χ0n) is 24.6. The quantitative estimate of drug-likeness (QED) is 0.369. The van der Waals surface area contributed by atoms with Gasteiger partial charge in [0, 0.05) is 37.5 Å². The van der Waals surface area contributed by atoms with Crippen LogP contribution in [0, 0.1) is 24.5 Å². The van der Waals surface area contributed by atoms with Gasteiger partial charge in [0.2, 0.25) is 5.95 Å². The molecular weight excluding hydrogens is 562 g/mol. The van der Waals surface area contributed by atoms with E-state index in [2.05, 4.69) is 37.5 Å². The third-order valence-corrected chi connectivity index (χ3v) is 8.70. The SMILES string of the molecule is Cc1csc(N2CCC(C(C)Oc3cnc(N4CC(NC(=O)OC(C)(C)C)C(c5cc(F)ccc5F)C4)nc3)CC2)n1. The zero-order valence-corrected chi connectivity index (χ0v) is 25.5. The Labute approximate surface area is 249 Å². The Morgan fingerprint density at radius 2 is 1.83 bits per heavy atom. The number of hydrogen-bond acceptors (Lipinski definition) is 9. The van der Waals surface area contributed by atoms with E-state index in [4.69, 9.17) is 9.47 Å². The highest BCUT2D eigenvalue weighted by Crippen LogP contribution is 2.33. The highest BCUT2D eigenvalue weighted by molar-refractivity contribution is 7.13. The van der Waals surface area contributed by atoms with Crippen molar-refractivity contribution in [2.24, 2.45) is 5.92 Å². The molecule has 1 N–H and O–H groups in total. The van der Waals surface area contributed by atoms with E-state index in [1.54, 1.807) is 44.5 Å². The van der Waals surface area contributed by atoms with Crippen molar-refractivity contribution in [2.45, 2.75) is 71.1 Å². The second-order valence-electron chi connectivity index (χ2n) is 12.1. The molecule has 2 aliphatic rings. The van der Waals surface area contributed by atoms with Crippen LogP contribution in [-0.2, 0) is 4.74 Å². The third kappa shape index (κ3) is 7.26. The first-order valence-corrected chi connectivity index (χ1v) is 15.2. The zero-order chi connectivity index (χ0) is 30.0. The summed E-state index contributed by atoms with van der Waals surface area (Å²) in [6.45, 7) is 11.9. The predicted molar refractivity (Wildman–Crippen MR) is 158 cm³/mol. The fourth-order valence-electron chi connectivity index (χ4n) is 5.58. The van der Waals surface area contributed by atoms with Gasteiger partial charge in [-0.15, -0.1) is 11.3 Å². The molecule has 2 saturated heterocycles. The molecule has 0 radical (unpaired) electrons. The molecule has 0 spiro atoms. The summed E-state index contributed by atoms with van der Waals surface area (Å²) in [6.07, 6.45) is 4.67. The van der Waals surface area contributed by atoms with Gasteiger partial charge in [-0.1, -0.05) is 0 Å². The number of rotatable bonds is 7. The number of nitrogens with one attached hydrogen (secondary N) is 1. The van der Waals surface area contributed by atoms with Crippen LogP contribution in [0.25, 0.3) is 0 Å². The normalized spacial score (nSPS) is 20.5. The number of carbonyl (C=O) groups is 1. The Bertz CT molecular complexity index is 1370. The lowest BCUT2D eigenvalue weighted by Crippen LogP contribution is -2.43. The Kier molecular flexibility index (Phi) is 8.81. The number of aryl methyl sites for hydroxylation is 1. The van der Waals surface area contributed by atoms with E-state index in [0.29, 0.717) is 24.2 Å². The lowest BCUT2D eigenvalue weighted by Gasteiger charge is -2.34. The number of amides is 1. The standard InChI is InChI=1S/C30H38F2N6O3S/c1-18-17-42-28(35-18)37-10-8-20(9-11-37)19(2)40-22-13-33-27(34-14-22)38-15-24(23-12-21(31)6-7-25(23)32)26(16-38)36-29(39)41-30(3,4)5/h6-7,12-14,17,19-20,24,26H,8-11,15-16H2,1-5H3,(H,36,39). The number of piperidine rings is 1. The van der Waals surface area contributed by atoms with Crippen LogP contribution in [0.4, 0.5) is 24.7 Å². The summed E-state index contributed by atoms with van der Waals surface area (Å²) in [5.74, 6) is -0.228. The van der Waals surface area contributed by atoms with Crippen LogP contribution in [0.3, 0.4) is 0 Å².